The lowest BCUT2D eigenvalue weighted by molar-refractivity contribution is 0.484. The van der Waals surface area contributed by atoms with Crippen LogP contribution in [0.5, 0.6) is 11.5 Å². The summed E-state index contributed by atoms with van der Waals surface area (Å²) in [6, 6.07) is 23.3. The third kappa shape index (κ3) is 4.67. The van der Waals surface area contributed by atoms with Gasteiger partial charge in [0.2, 0.25) is 0 Å². The number of fused-ring (bicyclic) bond motifs is 3. The molecule has 0 fully saturated rings. The number of hydrogen-bond acceptors (Lipinski definition) is 6. The number of aryl methyl sites for hydroxylation is 2. The number of rotatable bonds is 6. The van der Waals surface area contributed by atoms with Gasteiger partial charge in [-0.15, -0.1) is 0 Å². The van der Waals surface area contributed by atoms with E-state index in [1.54, 1.807) is 60.7 Å². The molecule has 0 N–H and O–H groups in total. The SMILES string of the molecule is Cc1cccc(OS(=O)(=O)c2ccc3c(c2)Cc2cc(S(=O)(=O)Oc4cccc(C)c4)ccc2-3)c1. The zero-order valence-electron chi connectivity index (χ0n) is 19.1. The van der Waals surface area contributed by atoms with Crippen molar-refractivity contribution >= 4 is 20.2 Å². The highest BCUT2D eigenvalue weighted by molar-refractivity contribution is 7.87. The van der Waals surface area contributed by atoms with Gasteiger partial charge in [0.1, 0.15) is 21.3 Å². The summed E-state index contributed by atoms with van der Waals surface area (Å²) in [5.74, 6) is 0.495. The van der Waals surface area contributed by atoms with Crippen molar-refractivity contribution in [2.75, 3.05) is 0 Å². The molecule has 1 aliphatic carbocycles. The van der Waals surface area contributed by atoms with E-state index in [0.29, 0.717) is 6.42 Å². The van der Waals surface area contributed by atoms with Crippen LogP contribution < -0.4 is 8.37 Å². The maximum absolute atomic E-state index is 12.9. The van der Waals surface area contributed by atoms with Gasteiger partial charge in [-0.2, -0.15) is 16.8 Å². The van der Waals surface area contributed by atoms with Crippen LogP contribution in [-0.2, 0) is 26.7 Å². The molecule has 1 aliphatic rings. The van der Waals surface area contributed by atoms with E-state index < -0.39 is 20.2 Å². The van der Waals surface area contributed by atoms with Gasteiger partial charge in [0.05, 0.1) is 0 Å². The molecule has 0 aromatic heterocycles. The van der Waals surface area contributed by atoms with E-state index in [1.165, 1.54) is 12.1 Å². The van der Waals surface area contributed by atoms with Crippen LogP contribution in [0.2, 0.25) is 0 Å². The standard InChI is InChI=1S/C27H22O6S2/c1-18-5-3-7-22(13-18)32-34(28,29)24-9-11-26-20(16-24)15-21-17-25(10-12-27(21)26)35(30,31)33-23-8-4-6-19(2)14-23/h3-14,16-17H,15H2,1-2H3. The Kier molecular flexibility index (Phi) is 5.65. The third-order valence-corrected chi connectivity index (χ3v) is 8.28. The van der Waals surface area contributed by atoms with Crippen molar-refractivity contribution in [3.05, 3.63) is 107 Å². The first kappa shape index (κ1) is 23.1. The molecular formula is C27H22O6S2. The average Bonchev–Trinajstić information content (AvgIpc) is 3.15. The lowest BCUT2D eigenvalue weighted by Gasteiger charge is -2.10. The molecule has 0 amide bonds. The minimum atomic E-state index is -4.02. The van der Waals surface area contributed by atoms with Crippen molar-refractivity contribution in [3.8, 4) is 22.6 Å². The van der Waals surface area contributed by atoms with Gasteiger partial charge in [-0.05, 0) is 102 Å². The van der Waals surface area contributed by atoms with Crippen LogP contribution in [0.25, 0.3) is 11.1 Å². The third-order valence-electron chi connectivity index (χ3n) is 5.79. The van der Waals surface area contributed by atoms with E-state index in [-0.39, 0.29) is 21.3 Å². The molecule has 4 aromatic rings. The van der Waals surface area contributed by atoms with Crippen LogP contribution in [0.15, 0.2) is 94.7 Å². The fourth-order valence-corrected chi connectivity index (χ4v) is 6.11. The topological polar surface area (TPSA) is 86.7 Å². The Bertz CT molecular complexity index is 1550. The monoisotopic (exact) mass is 506 g/mol. The fraction of sp³-hybridized carbons (Fsp3) is 0.111. The van der Waals surface area contributed by atoms with Crippen LogP contribution in [0, 0.1) is 13.8 Å². The van der Waals surface area contributed by atoms with Gasteiger partial charge in [0, 0.05) is 0 Å². The van der Waals surface area contributed by atoms with Crippen molar-refractivity contribution in [1.82, 2.24) is 0 Å². The number of benzene rings is 4. The molecule has 5 rings (SSSR count). The quantitative estimate of drug-likeness (QED) is 0.286. The molecule has 0 bridgehead atoms. The Hall–Kier alpha value is -3.62. The summed E-state index contributed by atoms with van der Waals surface area (Å²) in [5, 5.41) is 0. The minimum absolute atomic E-state index is 0.0428. The van der Waals surface area contributed by atoms with Gasteiger partial charge in [0.25, 0.3) is 0 Å². The Labute approximate surface area is 205 Å². The van der Waals surface area contributed by atoms with Crippen LogP contribution in [0.3, 0.4) is 0 Å². The van der Waals surface area contributed by atoms with E-state index in [0.717, 1.165) is 33.4 Å². The highest BCUT2D eigenvalue weighted by atomic mass is 32.2. The van der Waals surface area contributed by atoms with Crippen LogP contribution in [0.1, 0.15) is 22.3 Å². The summed E-state index contributed by atoms with van der Waals surface area (Å²) >= 11 is 0. The van der Waals surface area contributed by atoms with Crippen LogP contribution in [0.4, 0.5) is 0 Å². The van der Waals surface area contributed by atoms with Crippen molar-refractivity contribution < 1.29 is 25.2 Å². The Morgan fingerprint density at radius 3 is 1.40 bits per heavy atom. The summed E-state index contributed by atoms with van der Waals surface area (Å²) in [5.41, 5.74) is 5.06. The minimum Gasteiger partial charge on any atom is -0.379 e. The van der Waals surface area contributed by atoms with Gasteiger partial charge in [0.15, 0.2) is 0 Å². The first-order valence-electron chi connectivity index (χ1n) is 10.9. The van der Waals surface area contributed by atoms with E-state index >= 15 is 0 Å². The molecule has 4 aromatic carbocycles. The zero-order chi connectivity index (χ0) is 24.8. The second kappa shape index (κ2) is 8.55. The van der Waals surface area contributed by atoms with Gasteiger partial charge in [-0.25, -0.2) is 0 Å². The first-order chi connectivity index (χ1) is 16.6. The molecule has 0 radical (unpaired) electrons. The normalized spacial score (nSPS) is 12.6. The highest BCUT2D eigenvalue weighted by Gasteiger charge is 2.26. The van der Waals surface area contributed by atoms with Gasteiger partial charge in [-0.1, -0.05) is 36.4 Å². The second-order valence-corrected chi connectivity index (χ2v) is 11.6. The molecule has 0 unspecified atom stereocenters. The molecule has 0 heterocycles. The van der Waals surface area contributed by atoms with Crippen molar-refractivity contribution in [3.63, 3.8) is 0 Å². The first-order valence-corrected chi connectivity index (χ1v) is 13.7. The molecule has 0 saturated heterocycles. The summed E-state index contributed by atoms with van der Waals surface area (Å²) in [6.07, 6.45) is 0.395. The average molecular weight is 507 g/mol. The second-order valence-electron chi connectivity index (χ2n) is 8.52. The lowest BCUT2D eigenvalue weighted by Crippen LogP contribution is -2.10. The van der Waals surface area contributed by atoms with Crippen LogP contribution in [-0.4, -0.2) is 16.8 Å². The molecule has 0 aliphatic heterocycles. The Balaban J connectivity index is 1.41. The molecule has 178 valence electrons. The van der Waals surface area contributed by atoms with E-state index in [9.17, 15) is 16.8 Å². The number of hydrogen-bond donors (Lipinski definition) is 0. The zero-order valence-corrected chi connectivity index (χ0v) is 20.7. The van der Waals surface area contributed by atoms with Crippen molar-refractivity contribution in [2.24, 2.45) is 0 Å². The predicted octanol–water partition coefficient (Wildman–Crippen LogP) is 5.41. The fourth-order valence-electron chi connectivity index (χ4n) is 4.16. The molecular weight excluding hydrogens is 484 g/mol. The summed E-state index contributed by atoms with van der Waals surface area (Å²) < 4.78 is 62.0. The Morgan fingerprint density at radius 1 is 0.571 bits per heavy atom. The Morgan fingerprint density at radius 2 is 1.00 bits per heavy atom. The lowest BCUT2D eigenvalue weighted by atomic mass is 10.1. The molecule has 0 saturated carbocycles. The highest BCUT2D eigenvalue weighted by Crippen LogP contribution is 2.39. The molecule has 8 heteroatoms. The molecule has 0 spiro atoms. The van der Waals surface area contributed by atoms with Gasteiger partial charge in [-0.3, -0.25) is 0 Å². The summed E-state index contributed by atoms with van der Waals surface area (Å²) in [4.78, 5) is 0.0855. The largest absolute Gasteiger partial charge is 0.379 e. The van der Waals surface area contributed by atoms with Crippen molar-refractivity contribution in [1.29, 1.82) is 0 Å². The van der Waals surface area contributed by atoms with Gasteiger partial charge < -0.3 is 8.37 Å². The molecule has 6 nitrogen and oxygen atoms in total. The van der Waals surface area contributed by atoms with Crippen molar-refractivity contribution in [2.45, 2.75) is 30.1 Å². The van der Waals surface area contributed by atoms with E-state index in [1.807, 2.05) is 26.0 Å². The van der Waals surface area contributed by atoms with Gasteiger partial charge >= 0.3 is 20.2 Å². The molecule has 35 heavy (non-hydrogen) atoms. The maximum atomic E-state index is 12.9. The maximum Gasteiger partial charge on any atom is 0.339 e. The summed E-state index contributed by atoms with van der Waals surface area (Å²) in [6.45, 7) is 3.71. The predicted molar refractivity (Wildman–Crippen MR) is 133 cm³/mol. The smallest absolute Gasteiger partial charge is 0.339 e. The van der Waals surface area contributed by atoms with Crippen LogP contribution >= 0.6 is 0 Å². The van der Waals surface area contributed by atoms with E-state index in [2.05, 4.69) is 0 Å². The molecule has 0 atom stereocenters. The van der Waals surface area contributed by atoms with E-state index in [4.69, 9.17) is 8.37 Å². The summed E-state index contributed by atoms with van der Waals surface area (Å²) in [7, 11) is -8.05.